The van der Waals surface area contributed by atoms with Gasteiger partial charge in [-0.1, -0.05) is 20.3 Å². The maximum absolute atomic E-state index is 12.5. The van der Waals surface area contributed by atoms with Crippen LogP contribution in [0.25, 0.3) is 0 Å². The second-order valence-corrected chi connectivity index (χ2v) is 8.10. The molecule has 0 saturated carbocycles. The highest BCUT2D eigenvalue weighted by atomic mass is 16.5. The Morgan fingerprint density at radius 1 is 1.15 bits per heavy atom. The van der Waals surface area contributed by atoms with Gasteiger partial charge in [-0.05, 0) is 59.0 Å². The first-order valence-corrected chi connectivity index (χ1v) is 8.06. The van der Waals surface area contributed by atoms with E-state index in [1.807, 2.05) is 13.8 Å². The molecular formula is C17H31NO2. The summed E-state index contributed by atoms with van der Waals surface area (Å²) in [6.45, 7) is 15.7. The summed E-state index contributed by atoms with van der Waals surface area (Å²) in [6.07, 6.45) is 3.75. The number of rotatable bonds is 3. The Hall–Kier alpha value is -0.410. The number of likely N-dealkylation sites (tertiary alicyclic amines) is 1. The Morgan fingerprint density at radius 2 is 1.70 bits per heavy atom. The summed E-state index contributed by atoms with van der Waals surface area (Å²) in [5.41, 5.74) is -0.463. The molecule has 0 aromatic heterocycles. The predicted octanol–water partition coefficient (Wildman–Crippen LogP) is 3.27. The Balaban J connectivity index is 1.99. The van der Waals surface area contributed by atoms with E-state index >= 15 is 0 Å². The molecule has 3 nitrogen and oxygen atoms in total. The van der Waals surface area contributed by atoms with Gasteiger partial charge < -0.3 is 9.64 Å². The summed E-state index contributed by atoms with van der Waals surface area (Å²) in [5, 5.41) is 0. The van der Waals surface area contributed by atoms with Gasteiger partial charge in [-0.3, -0.25) is 4.79 Å². The van der Waals surface area contributed by atoms with Crippen molar-refractivity contribution in [3.05, 3.63) is 0 Å². The zero-order valence-corrected chi connectivity index (χ0v) is 14.1. The molecule has 0 N–H and O–H groups in total. The van der Waals surface area contributed by atoms with Crippen LogP contribution in [0.4, 0.5) is 0 Å². The van der Waals surface area contributed by atoms with Crippen LogP contribution in [0.5, 0.6) is 0 Å². The van der Waals surface area contributed by atoms with Gasteiger partial charge in [0.1, 0.15) is 5.60 Å². The summed E-state index contributed by atoms with van der Waals surface area (Å²) in [6, 6.07) is 0. The van der Waals surface area contributed by atoms with Crippen LogP contribution in [-0.2, 0) is 9.53 Å². The Morgan fingerprint density at radius 3 is 2.10 bits per heavy atom. The standard InChI is InChI=1S/C17H31NO2/c1-7-17(6)8-10-18(11-9-17)12-13-14(19)16(4,5)20-15(13,2)3/h13H,7-12H2,1-6H3. The molecule has 0 bridgehead atoms. The van der Waals surface area contributed by atoms with Gasteiger partial charge in [0.2, 0.25) is 0 Å². The van der Waals surface area contributed by atoms with E-state index in [0.717, 1.165) is 19.6 Å². The molecule has 2 fully saturated rings. The third-order valence-corrected chi connectivity index (χ3v) is 5.62. The molecule has 0 aromatic rings. The number of carbonyl (C=O) groups is 1. The minimum atomic E-state index is -0.623. The number of ether oxygens (including phenoxy) is 1. The minimum Gasteiger partial charge on any atom is -0.361 e. The highest BCUT2D eigenvalue weighted by Gasteiger charge is 2.53. The molecule has 2 rings (SSSR count). The van der Waals surface area contributed by atoms with Gasteiger partial charge in [0.25, 0.3) is 0 Å². The number of Topliss-reactive ketones (excluding diaryl/α,β-unsaturated/α-hetero) is 1. The van der Waals surface area contributed by atoms with E-state index < -0.39 is 5.60 Å². The fraction of sp³-hybridized carbons (Fsp3) is 0.941. The van der Waals surface area contributed by atoms with Crippen molar-refractivity contribution in [1.82, 2.24) is 4.90 Å². The number of hydrogen-bond donors (Lipinski definition) is 0. The second kappa shape index (κ2) is 5.10. The van der Waals surface area contributed by atoms with Gasteiger partial charge >= 0.3 is 0 Å². The molecule has 0 spiro atoms. The van der Waals surface area contributed by atoms with Crippen LogP contribution < -0.4 is 0 Å². The number of ketones is 1. The van der Waals surface area contributed by atoms with E-state index in [1.165, 1.54) is 19.3 Å². The Bertz CT molecular complexity index is 378. The summed E-state index contributed by atoms with van der Waals surface area (Å²) in [7, 11) is 0. The first kappa shape index (κ1) is 16.0. The van der Waals surface area contributed by atoms with Crippen LogP contribution >= 0.6 is 0 Å². The van der Waals surface area contributed by atoms with Crippen LogP contribution in [0, 0.1) is 11.3 Å². The summed E-state index contributed by atoms with van der Waals surface area (Å²) in [5.74, 6) is 0.273. The molecule has 2 aliphatic rings. The molecule has 2 heterocycles. The summed E-state index contributed by atoms with van der Waals surface area (Å²) < 4.78 is 5.99. The van der Waals surface area contributed by atoms with E-state index in [-0.39, 0.29) is 17.3 Å². The molecule has 0 amide bonds. The normalized spacial score (nSPS) is 32.5. The highest BCUT2D eigenvalue weighted by molar-refractivity contribution is 5.91. The largest absolute Gasteiger partial charge is 0.361 e. The fourth-order valence-corrected chi connectivity index (χ4v) is 3.70. The van der Waals surface area contributed by atoms with E-state index in [0.29, 0.717) is 5.41 Å². The van der Waals surface area contributed by atoms with E-state index in [1.54, 1.807) is 0 Å². The lowest BCUT2D eigenvalue weighted by molar-refractivity contribution is -0.132. The van der Waals surface area contributed by atoms with Crippen molar-refractivity contribution in [2.24, 2.45) is 11.3 Å². The number of piperidine rings is 1. The third-order valence-electron chi connectivity index (χ3n) is 5.62. The SMILES string of the molecule is CCC1(C)CCN(CC2C(=O)C(C)(C)OC2(C)C)CC1. The van der Waals surface area contributed by atoms with Gasteiger partial charge in [-0.25, -0.2) is 0 Å². The third kappa shape index (κ3) is 2.94. The van der Waals surface area contributed by atoms with Crippen molar-refractivity contribution >= 4 is 5.78 Å². The Kier molecular flexibility index (Phi) is 4.07. The Labute approximate surface area is 124 Å². The maximum Gasteiger partial charge on any atom is 0.171 e. The van der Waals surface area contributed by atoms with Crippen LogP contribution in [-0.4, -0.2) is 41.5 Å². The topological polar surface area (TPSA) is 29.5 Å². The number of nitrogens with zero attached hydrogens (tertiary/aromatic N) is 1. The molecule has 116 valence electrons. The first-order chi connectivity index (χ1) is 9.10. The van der Waals surface area contributed by atoms with Crippen molar-refractivity contribution in [1.29, 1.82) is 0 Å². The highest BCUT2D eigenvalue weighted by Crippen LogP contribution is 2.41. The summed E-state index contributed by atoms with van der Waals surface area (Å²) in [4.78, 5) is 15.0. The average molecular weight is 281 g/mol. The van der Waals surface area contributed by atoms with Gasteiger partial charge in [0, 0.05) is 6.54 Å². The number of hydrogen-bond acceptors (Lipinski definition) is 3. The molecule has 20 heavy (non-hydrogen) atoms. The van der Waals surface area contributed by atoms with Crippen molar-refractivity contribution in [2.45, 2.75) is 72.0 Å². The van der Waals surface area contributed by atoms with Crippen LogP contribution in [0.15, 0.2) is 0 Å². The van der Waals surface area contributed by atoms with E-state index in [2.05, 4.69) is 32.6 Å². The molecule has 0 aromatic carbocycles. The van der Waals surface area contributed by atoms with Gasteiger partial charge in [-0.15, -0.1) is 0 Å². The zero-order valence-electron chi connectivity index (χ0n) is 14.1. The number of carbonyl (C=O) groups excluding carboxylic acids is 1. The lowest BCUT2D eigenvalue weighted by atomic mass is 9.77. The lowest BCUT2D eigenvalue weighted by Gasteiger charge is -2.40. The quantitative estimate of drug-likeness (QED) is 0.795. The predicted molar refractivity (Wildman–Crippen MR) is 81.8 cm³/mol. The van der Waals surface area contributed by atoms with Crippen LogP contribution in [0.3, 0.4) is 0 Å². The maximum atomic E-state index is 12.5. The average Bonchev–Trinajstić information content (AvgIpc) is 2.50. The minimum absolute atomic E-state index is 0.00322. The second-order valence-electron chi connectivity index (χ2n) is 8.10. The molecular weight excluding hydrogens is 250 g/mol. The van der Waals surface area contributed by atoms with Crippen molar-refractivity contribution < 1.29 is 9.53 Å². The van der Waals surface area contributed by atoms with Gasteiger partial charge in [0.15, 0.2) is 5.78 Å². The zero-order chi connectivity index (χ0) is 15.2. The first-order valence-electron chi connectivity index (χ1n) is 8.06. The van der Waals surface area contributed by atoms with Gasteiger partial charge in [-0.2, -0.15) is 0 Å². The molecule has 2 aliphatic heterocycles. The monoisotopic (exact) mass is 281 g/mol. The van der Waals surface area contributed by atoms with Crippen LogP contribution in [0.2, 0.25) is 0 Å². The molecule has 2 saturated heterocycles. The van der Waals surface area contributed by atoms with Gasteiger partial charge in [0.05, 0.1) is 11.5 Å². The smallest absolute Gasteiger partial charge is 0.171 e. The lowest BCUT2D eigenvalue weighted by Crippen LogP contribution is -2.45. The van der Waals surface area contributed by atoms with Crippen molar-refractivity contribution in [3.8, 4) is 0 Å². The van der Waals surface area contributed by atoms with E-state index in [4.69, 9.17) is 4.74 Å². The fourth-order valence-electron chi connectivity index (χ4n) is 3.70. The molecule has 1 atom stereocenters. The molecule has 3 heteroatoms. The van der Waals surface area contributed by atoms with E-state index in [9.17, 15) is 4.79 Å². The molecule has 0 aliphatic carbocycles. The molecule has 1 unspecified atom stereocenters. The summed E-state index contributed by atoms with van der Waals surface area (Å²) >= 11 is 0. The van der Waals surface area contributed by atoms with Crippen molar-refractivity contribution in [2.75, 3.05) is 19.6 Å². The van der Waals surface area contributed by atoms with Crippen molar-refractivity contribution in [3.63, 3.8) is 0 Å². The van der Waals surface area contributed by atoms with Crippen LogP contribution in [0.1, 0.15) is 60.8 Å². The molecule has 0 radical (unpaired) electrons.